The quantitative estimate of drug-likeness (QED) is 0.698. The van der Waals surface area contributed by atoms with E-state index in [1.807, 2.05) is 0 Å². The van der Waals surface area contributed by atoms with Crippen LogP contribution in [0, 0.1) is 11.3 Å². The number of hydrogen-bond acceptors (Lipinski definition) is 2. The van der Waals surface area contributed by atoms with Crippen LogP contribution in [0.25, 0.3) is 0 Å². The number of rotatable bonds is 7. The van der Waals surface area contributed by atoms with Gasteiger partial charge in [-0.05, 0) is 50.0 Å². The molecule has 2 aliphatic carbocycles. The van der Waals surface area contributed by atoms with E-state index in [1.165, 1.54) is 45.2 Å². The van der Waals surface area contributed by atoms with Crippen LogP contribution < -0.4 is 5.73 Å². The van der Waals surface area contributed by atoms with E-state index in [-0.39, 0.29) is 0 Å². The number of nitrogens with two attached hydrogens (primary N) is 1. The third kappa shape index (κ3) is 3.18. The van der Waals surface area contributed by atoms with Crippen molar-refractivity contribution < 1.29 is 0 Å². The van der Waals surface area contributed by atoms with Gasteiger partial charge in [0.15, 0.2) is 0 Å². The van der Waals surface area contributed by atoms with E-state index >= 15 is 0 Å². The highest BCUT2D eigenvalue weighted by molar-refractivity contribution is 4.91. The predicted molar refractivity (Wildman–Crippen MR) is 64.8 cm³/mol. The van der Waals surface area contributed by atoms with E-state index in [0.29, 0.717) is 5.41 Å². The molecule has 1 atom stereocenters. The molecule has 0 aliphatic heterocycles. The Morgan fingerprint density at radius 3 is 2.33 bits per heavy atom. The van der Waals surface area contributed by atoms with Crippen LogP contribution in [0.4, 0.5) is 0 Å². The summed E-state index contributed by atoms with van der Waals surface area (Å²) in [6.45, 7) is 8.02. The number of hydrogen-bond donors (Lipinski definition) is 1. The molecule has 1 unspecified atom stereocenters. The molecule has 0 spiro atoms. The lowest BCUT2D eigenvalue weighted by molar-refractivity contribution is 0.151. The van der Waals surface area contributed by atoms with Crippen molar-refractivity contribution in [1.82, 2.24) is 4.90 Å². The van der Waals surface area contributed by atoms with Crippen LogP contribution in [-0.2, 0) is 0 Å². The monoisotopic (exact) mass is 210 g/mol. The second-order valence-corrected chi connectivity index (χ2v) is 5.97. The molecule has 2 nitrogen and oxygen atoms in total. The Hall–Kier alpha value is -0.0800. The van der Waals surface area contributed by atoms with E-state index in [2.05, 4.69) is 18.7 Å². The van der Waals surface area contributed by atoms with Gasteiger partial charge in [-0.1, -0.05) is 13.8 Å². The van der Waals surface area contributed by atoms with Gasteiger partial charge in [0.2, 0.25) is 0 Å². The second-order valence-electron chi connectivity index (χ2n) is 5.97. The highest BCUT2D eigenvalue weighted by Gasteiger charge is 2.36. The molecular weight excluding hydrogens is 184 g/mol. The first-order chi connectivity index (χ1) is 7.17. The summed E-state index contributed by atoms with van der Waals surface area (Å²) >= 11 is 0. The first-order valence-corrected chi connectivity index (χ1v) is 6.61. The first kappa shape index (κ1) is 11.4. The van der Waals surface area contributed by atoms with Gasteiger partial charge < -0.3 is 5.73 Å². The Morgan fingerprint density at radius 2 is 1.93 bits per heavy atom. The molecule has 0 radical (unpaired) electrons. The Labute approximate surface area is 94.2 Å². The standard InChI is InChI=1S/C13H26N2/c1-3-13(2,9-14)10-15(12-6-7-12)8-11-4-5-11/h11-12H,3-10,14H2,1-2H3. The molecule has 0 aromatic carbocycles. The fourth-order valence-electron chi connectivity index (χ4n) is 2.23. The van der Waals surface area contributed by atoms with Gasteiger partial charge in [-0.3, -0.25) is 4.90 Å². The highest BCUT2D eigenvalue weighted by Crippen LogP contribution is 2.36. The topological polar surface area (TPSA) is 29.3 Å². The lowest BCUT2D eigenvalue weighted by Gasteiger charge is -2.34. The largest absolute Gasteiger partial charge is 0.330 e. The van der Waals surface area contributed by atoms with Gasteiger partial charge in [0.1, 0.15) is 0 Å². The van der Waals surface area contributed by atoms with Gasteiger partial charge in [-0.2, -0.15) is 0 Å². The molecule has 0 aromatic rings. The molecule has 0 heterocycles. The zero-order valence-corrected chi connectivity index (χ0v) is 10.3. The van der Waals surface area contributed by atoms with Gasteiger partial charge in [-0.15, -0.1) is 0 Å². The van der Waals surface area contributed by atoms with E-state index in [1.54, 1.807) is 0 Å². The summed E-state index contributed by atoms with van der Waals surface area (Å²) in [6.07, 6.45) is 6.99. The molecule has 2 saturated carbocycles. The average molecular weight is 210 g/mol. The minimum absolute atomic E-state index is 0.345. The molecule has 0 amide bonds. The molecular formula is C13H26N2. The SMILES string of the molecule is CCC(C)(CN)CN(CC1CC1)C1CC1. The third-order valence-corrected chi connectivity index (χ3v) is 4.18. The molecule has 2 aliphatic rings. The maximum atomic E-state index is 5.91. The van der Waals surface area contributed by atoms with E-state index in [9.17, 15) is 0 Å². The molecule has 2 rings (SSSR count). The summed E-state index contributed by atoms with van der Waals surface area (Å²) in [7, 11) is 0. The summed E-state index contributed by atoms with van der Waals surface area (Å²) in [4.78, 5) is 2.73. The molecule has 0 aromatic heterocycles. The van der Waals surface area contributed by atoms with Crippen LogP contribution in [0.5, 0.6) is 0 Å². The van der Waals surface area contributed by atoms with Gasteiger partial charge in [0.25, 0.3) is 0 Å². The van der Waals surface area contributed by atoms with E-state index < -0.39 is 0 Å². The van der Waals surface area contributed by atoms with Crippen molar-refractivity contribution in [3.63, 3.8) is 0 Å². The van der Waals surface area contributed by atoms with Crippen LogP contribution in [0.2, 0.25) is 0 Å². The molecule has 2 heteroatoms. The minimum atomic E-state index is 0.345. The van der Waals surface area contributed by atoms with Crippen LogP contribution in [0.15, 0.2) is 0 Å². The van der Waals surface area contributed by atoms with Crippen molar-refractivity contribution in [3.8, 4) is 0 Å². The van der Waals surface area contributed by atoms with E-state index in [4.69, 9.17) is 5.73 Å². The lowest BCUT2D eigenvalue weighted by atomic mass is 9.87. The third-order valence-electron chi connectivity index (χ3n) is 4.18. The first-order valence-electron chi connectivity index (χ1n) is 6.61. The van der Waals surface area contributed by atoms with Crippen molar-refractivity contribution in [3.05, 3.63) is 0 Å². The van der Waals surface area contributed by atoms with Gasteiger partial charge >= 0.3 is 0 Å². The predicted octanol–water partition coefficient (Wildman–Crippen LogP) is 2.24. The fourth-order valence-corrected chi connectivity index (χ4v) is 2.23. The Kier molecular flexibility index (Phi) is 3.36. The van der Waals surface area contributed by atoms with Crippen LogP contribution in [-0.4, -0.2) is 30.6 Å². The van der Waals surface area contributed by atoms with Crippen LogP contribution in [0.3, 0.4) is 0 Å². The Morgan fingerprint density at radius 1 is 1.27 bits per heavy atom. The summed E-state index contributed by atoms with van der Waals surface area (Å²) in [5.74, 6) is 1.02. The zero-order valence-electron chi connectivity index (χ0n) is 10.3. The Balaban J connectivity index is 1.86. The number of nitrogens with zero attached hydrogens (tertiary/aromatic N) is 1. The summed E-state index contributed by atoms with van der Waals surface area (Å²) in [5, 5.41) is 0. The van der Waals surface area contributed by atoms with Crippen LogP contribution >= 0.6 is 0 Å². The average Bonchev–Trinajstić information content (AvgIpc) is 3.07. The summed E-state index contributed by atoms with van der Waals surface area (Å²) < 4.78 is 0. The van der Waals surface area contributed by atoms with Crippen molar-refractivity contribution in [2.75, 3.05) is 19.6 Å². The molecule has 2 fully saturated rings. The Bertz CT molecular complexity index is 203. The molecule has 2 N–H and O–H groups in total. The molecule has 0 saturated heterocycles. The normalized spacial score (nSPS) is 25.6. The van der Waals surface area contributed by atoms with Crippen molar-refractivity contribution in [2.24, 2.45) is 17.1 Å². The summed E-state index contributed by atoms with van der Waals surface area (Å²) in [6, 6.07) is 0.906. The maximum absolute atomic E-state index is 5.91. The molecule has 88 valence electrons. The van der Waals surface area contributed by atoms with Gasteiger partial charge in [0.05, 0.1) is 0 Å². The van der Waals surface area contributed by atoms with Crippen molar-refractivity contribution in [1.29, 1.82) is 0 Å². The van der Waals surface area contributed by atoms with Crippen LogP contribution in [0.1, 0.15) is 46.0 Å². The fraction of sp³-hybridized carbons (Fsp3) is 1.00. The minimum Gasteiger partial charge on any atom is -0.330 e. The van der Waals surface area contributed by atoms with Crippen molar-refractivity contribution >= 4 is 0 Å². The second kappa shape index (κ2) is 4.42. The van der Waals surface area contributed by atoms with Gasteiger partial charge in [0, 0.05) is 19.1 Å². The van der Waals surface area contributed by atoms with E-state index in [0.717, 1.165) is 18.5 Å². The zero-order chi connectivity index (χ0) is 10.9. The van der Waals surface area contributed by atoms with Gasteiger partial charge in [-0.25, -0.2) is 0 Å². The van der Waals surface area contributed by atoms with Crippen molar-refractivity contribution in [2.45, 2.75) is 52.0 Å². The smallest absolute Gasteiger partial charge is 0.00967 e. The molecule has 0 bridgehead atoms. The maximum Gasteiger partial charge on any atom is 0.00967 e. The highest BCUT2D eigenvalue weighted by atomic mass is 15.2. The lowest BCUT2D eigenvalue weighted by Crippen LogP contribution is -2.42. The summed E-state index contributed by atoms with van der Waals surface area (Å²) in [5.41, 5.74) is 6.25. The molecule has 15 heavy (non-hydrogen) atoms.